The molecule has 0 unspecified atom stereocenters. The second-order valence-corrected chi connectivity index (χ2v) is 7.79. The first-order valence-electron chi connectivity index (χ1n) is 5.62. The Bertz CT molecular complexity index is 311. The second-order valence-electron chi connectivity index (χ2n) is 3.82. The Morgan fingerprint density at radius 3 is 1.83 bits per heavy atom. The fraction of sp³-hybridized carbons (Fsp3) is 0.500. The summed E-state index contributed by atoms with van der Waals surface area (Å²) in [5.74, 6) is 0.537. The molecule has 0 spiro atoms. The lowest BCUT2D eigenvalue weighted by Crippen LogP contribution is -2.35. The van der Waals surface area contributed by atoms with Gasteiger partial charge in [0.15, 0.2) is 11.5 Å². The monoisotopic (exact) mass is 292 g/mol. The highest BCUT2D eigenvalue weighted by Gasteiger charge is 2.27. The lowest BCUT2D eigenvalue weighted by atomic mass is 10.3. The average molecular weight is 293 g/mol. The van der Waals surface area contributed by atoms with Crippen LogP contribution < -0.4 is 0 Å². The van der Waals surface area contributed by atoms with Crippen LogP contribution in [0.25, 0.3) is 0 Å². The highest BCUT2D eigenvalue weighted by Crippen LogP contribution is 2.21. The van der Waals surface area contributed by atoms with Gasteiger partial charge in [-0.1, -0.05) is 12.1 Å². The minimum Gasteiger partial charge on any atom is -0.504 e. The van der Waals surface area contributed by atoms with Crippen molar-refractivity contribution in [2.45, 2.75) is 19.0 Å². The highest BCUT2D eigenvalue weighted by molar-refractivity contribution is 6.65. The van der Waals surface area contributed by atoms with E-state index in [1.165, 1.54) is 12.1 Å². The molecular weight excluding hydrogens is 272 g/mol. The van der Waals surface area contributed by atoms with Crippen molar-refractivity contribution in [1.29, 1.82) is 0 Å². The minimum atomic E-state index is -1.80. The number of aromatic hydroxyl groups is 2. The number of para-hydroxylation sites is 2. The number of benzene rings is 1. The lowest BCUT2D eigenvalue weighted by molar-refractivity contribution is 0.249. The zero-order valence-electron chi connectivity index (χ0n) is 11.0. The Kier molecular flexibility index (Phi) is 8.83. The van der Waals surface area contributed by atoms with E-state index >= 15 is 0 Å². The summed E-state index contributed by atoms with van der Waals surface area (Å²) in [6, 6.07) is 7.12. The maximum atomic E-state index is 8.67. The van der Waals surface area contributed by atoms with Crippen LogP contribution in [0.2, 0.25) is 12.6 Å². The van der Waals surface area contributed by atoms with Crippen LogP contribution >= 0.6 is 11.6 Å². The quantitative estimate of drug-likeness (QED) is 0.497. The molecule has 0 amide bonds. The van der Waals surface area contributed by atoms with Crippen molar-refractivity contribution in [2.24, 2.45) is 0 Å². The standard InChI is InChI=1S/C6H15ClO2Si.C6H6O2/c1-8-10(3,9-2)6-4-5-7;7-5-3-1-2-4-6(5)8/h4-6H2,1-3H3;1-4,7-8H. The van der Waals surface area contributed by atoms with Gasteiger partial charge in [-0.15, -0.1) is 11.6 Å². The third-order valence-corrected chi connectivity index (χ3v) is 5.77. The van der Waals surface area contributed by atoms with E-state index in [4.69, 9.17) is 30.7 Å². The van der Waals surface area contributed by atoms with Gasteiger partial charge in [0.05, 0.1) is 0 Å². The zero-order chi connectivity index (χ0) is 14.0. The van der Waals surface area contributed by atoms with Crippen LogP contribution in [-0.4, -0.2) is 38.9 Å². The van der Waals surface area contributed by atoms with Gasteiger partial charge < -0.3 is 19.1 Å². The van der Waals surface area contributed by atoms with Gasteiger partial charge in [-0.05, 0) is 31.1 Å². The van der Waals surface area contributed by atoms with Crippen molar-refractivity contribution in [2.75, 3.05) is 20.1 Å². The van der Waals surface area contributed by atoms with Gasteiger partial charge in [0.1, 0.15) is 0 Å². The van der Waals surface area contributed by atoms with Crippen molar-refractivity contribution in [3.63, 3.8) is 0 Å². The molecule has 0 atom stereocenters. The van der Waals surface area contributed by atoms with Crippen LogP contribution in [0.4, 0.5) is 0 Å². The molecule has 0 saturated heterocycles. The maximum absolute atomic E-state index is 8.67. The van der Waals surface area contributed by atoms with E-state index in [2.05, 4.69) is 0 Å². The van der Waals surface area contributed by atoms with Crippen molar-refractivity contribution >= 4 is 20.2 Å². The fourth-order valence-electron chi connectivity index (χ4n) is 1.14. The smallest absolute Gasteiger partial charge is 0.334 e. The van der Waals surface area contributed by atoms with E-state index in [1.54, 1.807) is 26.4 Å². The molecule has 18 heavy (non-hydrogen) atoms. The Hall–Kier alpha value is -0.753. The molecule has 0 aliphatic rings. The summed E-state index contributed by atoms with van der Waals surface area (Å²) in [4.78, 5) is 0. The largest absolute Gasteiger partial charge is 0.504 e. The normalized spacial score (nSPS) is 10.7. The van der Waals surface area contributed by atoms with Gasteiger partial charge in [-0.25, -0.2) is 0 Å². The molecule has 104 valence electrons. The Balaban J connectivity index is 0.000000327. The van der Waals surface area contributed by atoms with Crippen LogP contribution in [0.3, 0.4) is 0 Å². The molecule has 0 fully saturated rings. The number of rotatable bonds is 5. The van der Waals surface area contributed by atoms with Crippen molar-refractivity contribution in [3.05, 3.63) is 24.3 Å². The van der Waals surface area contributed by atoms with Crippen LogP contribution in [-0.2, 0) is 8.85 Å². The first-order valence-corrected chi connectivity index (χ1v) is 8.68. The molecule has 0 radical (unpaired) electrons. The molecule has 1 rings (SSSR count). The third kappa shape index (κ3) is 6.86. The number of alkyl halides is 1. The van der Waals surface area contributed by atoms with Gasteiger partial charge in [-0.2, -0.15) is 0 Å². The number of hydrogen-bond acceptors (Lipinski definition) is 4. The molecule has 6 heteroatoms. The summed E-state index contributed by atoms with van der Waals surface area (Å²) in [6.07, 6.45) is 0.978. The SMILES string of the molecule is CO[Si](C)(CCCCl)OC.Oc1ccccc1O. The van der Waals surface area contributed by atoms with E-state index in [9.17, 15) is 0 Å². The molecule has 1 aromatic carbocycles. The molecule has 0 aliphatic carbocycles. The maximum Gasteiger partial charge on any atom is 0.334 e. The Morgan fingerprint density at radius 1 is 1.11 bits per heavy atom. The number of phenols is 2. The first kappa shape index (κ1) is 17.2. The Morgan fingerprint density at radius 2 is 1.56 bits per heavy atom. The van der Waals surface area contributed by atoms with E-state index in [1.807, 2.05) is 6.55 Å². The summed E-state index contributed by atoms with van der Waals surface area (Å²) in [5, 5.41) is 17.3. The summed E-state index contributed by atoms with van der Waals surface area (Å²) in [7, 11) is 1.59. The highest BCUT2D eigenvalue weighted by atomic mass is 35.5. The molecule has 0 bridgehead atoms. The van der Waals surface area contributed by atoms with Crippen LogP contribution in [0.1, 0.15) is 6.42 Å². The molecule has 0 heterocycles. The first-order chi connectivity index (χ1) is 8.49. The van der Waals surface area contributed by atoms with E-state index in [0.717, 1.165) is 12.5 Å². The van der Waals surface area contributed by atoms with Gasteiger partial charge in [-0.3, -0.25) is 0 Å². The summed E-state index contributed by atoms with van der Waals surface area (Å²) >= 11 is 5.53. The van der Waals surface area contributed by atoms with Gasteiger partial charge in [0, 0.05) is 20.1 Å². The van der Waals surface area contributed by atoms with Crippen molar-refractivity contribution in [3.8, 4) is 11.5 Å². The van der Waals surface area contributed by atoms with Crippen LogP contribution in [0.5, 0.6) is 11.5 Å². The van der Waals surface area contributed by atoms with Crippen molar-refractivity contribution < 1.29 is 19.1 Å². The third-order valence-electron chi connectivity index (χ3n) is 2.51. The van der Waals surface area contributed by atoms with Gasteiger partial charge in [0.25, 0.3) is 0 Å². The molecule has 1 aromatic rings. The average Bonchev–Trinajstić information content (AvgIpc) is 2.40. The summed E-state index contributed by atoms with van der Waals surface area (Å²) < 4.78 is 10.5. The molecule has 0 aliphatic heterocycles. The van der Waals surface area contributed by atoms with Gasteiger partial charge >= 0.3 is 8.56 Å². The lowest BCUT2D eigenvalue weighted by Gasteiger charge is -2.21. The van der Waals surface area contributed by atoms with E-state index in [0.29, 0.717) is 5.88 Å². The number of hydrogen-bond donors (Lipinski definition) is 2. The van der Waals surface area contributed by atoms with E-state index in [-0.39, 0.29) is 11.5 Å². The predicted molar refractivity (Wildman–Crippen MR) is 75.6 cm³/mol. The molecule has 0 saturated carbocycles. The molecule has 2 N–H and O–H groups in total. The molecular formula is C12H21ClO4Si. The Labute approximate surface area is 114 Å². The van der Waals surface area contributed by atoms with Crippen molar-refractivity contribution in [1.82, 2.24) is 0 Å². The van der Waals surface area contributed by atoms with Crippen LogP contribution in [0, 0.1) is 0 Å². The van der Waals surface area contributed by atoms with E-state index < -0.39 is 8.56 Å². The van der Waals surface area contributed by atoms with Crippen LogP contribution in [0.15, 0.2) is 24.3 Å². The second kappa shape index (κ2) is 9.21. The molecule has 0 aromatic heterocycles. The fourth-order valence-corrected chi connectivity index (χ4v) is 2.89. The predicted octanol–water partition coefficient (Wildman–Crippen LogP) is 3.08. The summed E-state index contributed by atoms with van der Waals surface area (Å²) in [5.41, 5.74) is 0. The van der Waals surface area contributed by atoms with Gasteiger partial charge in [0.2, 0.25) is 0 Å². The zero-order valence-corrected chi connectivity index (χ0v) is 12.8. The number of halogens is 1. The molecule has 4 nitrogen and oxygen atoms in total. The summed E-state index contributed by atoms with van der Waals surface area (Å²) in [6.45, 7) is 2.04. The topological polar surface area (TPSA) is 58.9 Å². The minimum absolute atomic E-state index is 0.0764. The number of phenolic OH excluding ortho intramolecular Hbond substituents is 2.